The molecule has 2 N–H and O–H groups in total. The molecule has 0 saturated carbocycles. The number of thiazole rings is 1. The van der Waals surface area contributed by atoms with Gasteiger partial charge in [0.15, 0.2) is 5.13 Å². The average Bonchev–Trinajstić information content (AvgIpc) is 3.25. The molecular formula is C24H26BrN3O2S2. The maximum absolute atomic E-state index is 12.9. The Bertz CT molecular complexity index is 1050. The molecular weight excluding hydrogens is 506 g/mol. The fourth-order valence-corrected chi connectivity index (χ4v) is 4.97. The number of benzene rings is 2. The molecule has 1 unspecified atom stereocenters. The van der Waals surface area contributed by atoms with E-state index >= 15 is 0 Å². The SMILES string of the molecule is CCCCC(=O)Nc1cccc(SC(CC)C(=O)Nc2nc(-c3ccc(Br)cc3)cs2)c1. The van der Waals surface area contributed by atoms with Crippen molar-refractivity contribution in [1.82, 2.24) is 4.98 Å². The number of unbranched alkanes of at least 4 members (excludes halogenated alkanes) is 1. The first-order valence-electron chi connectivity index (χ1n) is 10.6. The Labute approximate surface area is 205 Å². The summed E-state index contributed by atoms with van der Waals surface area (Å²) < 4.78 is 1.01. The minimum absolute atomic E-state index is 0.0177. The molecule has 5 nitrogen and oxygen atoms in total. The number of anilines is 2. The third-order valence-corrected chi connectivity index (χ3v) is 7.34. The molecule has 2 aromatic carbocycles. The summed E-state index contributed by atoms with van der Waals surface area (Å²) in [5, 5.41) is 8.15. The van der Waals surface area contributed by atoms with Crippen molar-refractivity contribution in [3.05, 3.63) is 58.4 Å². The highest BCUT2D eigenvalue weighted by molar-refractivity contribution is 9.10. The maximum Gasteiger partial charge on any atom is 0.239 e. The fourth-order valence-electron chi connectivity index (χ4n) is 2.96. The molecule has 0 aliphatic heterocycles. The van der Waals surface area contributed by atoms with E-state index in [4.69, 9.17) is 0 Å². The Balaban J connectivity index is 1.61. The second-order valence-corrected chi connectivity index (χ2v) is 10.3. The summed E-state index contributed by atoms with van der Waals surface area (Å²) in [6.45, 7) is 4.05. The molecule has 32 heavy (non-hydrogen) atoms. The van der Waals surface area contributed by atoms with Crippen LogP contribution in [0.1, 0.15) is 39.5 Å². The van der Waals surface area contributed by atoms with Crippen molar-refractivity contribution in [2.24, 2.45) is 0 Å². The highest BCUT2D eigenvalue weighted by Crippen LogP contribution is 2.30. The number of rotatable bonds is 10. The van der Waals surface area contributed by atoms with Crippen LogP contribution in [0.2, 0.25) is 0 Å². The van der Waals surface area contributed by atoms with Crippen LogP contribution in [-0.4, -0.2) is 22.0 Å². The molecule has 0 aliphatic carbocycles. The van der Waals surface area contributed by atoms with E-state index in [0.717, 1.165) is 39.2 Å². The molecule has 1 atom stereocenters. The molecule has 1 heterocycles. The van der Waals surface area contributed by atoms with E-state index in [1.165, 1.54) is 23.1 Å². The van der Waals surface area contributed by atoms with Gasteiger partial charge < -0.3 is 10.6 Å². The topological polar surface area (TPSA) is 71.1 Å². The van der Waals surface area contributed by atoms with Gasteiger partial charge >= 0.3 is 0 Å². The lowest BCUT2D eigenvalue weighted by atomic mass is 10.2. The summed E-state index contributed by atoms with van der Waals surface area (Å²) in [7, 11) is 0. The van der Waals surface area contributed by atoms with Crippen LogP contribution in [0.3, 0.4) is 0 Å². The number of carbonyl (C=O) groups excluding carboxylic acids is 2. The van der Waals surface area contributed by atoms with Crippen molar-refractivity contribution in [1.29, 1.82) is 0 Å². The number of hydrogen-bond donors (Lipinski definition) is 2. The molecule has 168 valence electrons. The Hall–Kier alpha value is -2.16. The summed E-state index contributed by atoms with van der Waals surface area (Å²) in [5.41, 5.74) is 2.60. The zero-order valence-electron chi connectivity index (χ0n) is 18.1. The van der Waals surface area contributed by atoms with E-state index in [2.05, 4.69) is 38.5 Å². The van der Waals surface area contributed by atoms with Crippen LogP contribution in [0.25, 0.3) is 11.3 Å². The fraction of sp³-hybridized carbons (Fsp3) is 0.292. The Morgan fingerprint density at radius 3 is 2.62 bits per heavy atom. The minimum Gasteiger partial charge on any atom is -0.326 e. The van der Waals surface area contributed by atoms with Gasteiger partial charge in [0.05, 0.1) is 10.9 Å². The first-order chi connectivity index (χ1) is 15.5. The predicted octanol–water partition coefficient (Wildman–Crippen LogP) is 7.21. The average molecular weight is 533 g/mol. The number of halogens is 1. The molecule has 3 rings (SSSR count). The summed E-state index contributed by atoms with van der Waals surface area (Å²) >= 11 is 6.34. The molecule has 0 spiro atoms. The number of carbonyl (C=O) groups is 2. The van der Waals surface area contributed by atoms with Gasteiger partial charge in [0.25, 0.3) is 0 Å². The van der Waals surface area contributed by atoms with Crippen molar-refractivity contribution < 1.29 is 9.59 Å². The van der Waals surface area contributed by atoms with Crippen LogP contribution in [0, 0.1) is 0 Å². The van der Waals surface area contributed by atoms with E-state index in [-0.39, 0.29) is 17.1 Å². The normalized spacial score (nSPS) is 11.7. The Morgan fingerprint density at radius 1 is 1.12 bits per heavy atom. The van der Waals surface area contributed by atoms with E-state index in [1.54, 1.807) is 0 Å². The number of nitrogens with one attached hydrogen (secondary N) is 2. The largest absolute Gasteiger partial charge is 0.326 e. The molecule has 0 radical (unpaired) electrons. The van der Waals surface area contributed by atoms with Gasteiger partial charge in [-0.2, -0.15) is 0 Å². The van der Waals surface area contributed by atoms with Crippen LogP contribution < -0.4 is 10.6 Å². The second kappa shape index (κ2) is 12.2. The first-order valence-corrected chi connectivity index (χ1v) is 13.1. The van der Waals surface area contributed by atoms with Gasteiger partial charge in [-0.15, -0.1) is 23.1 Å². The van der Waals surface area contributed by atoms with Gasteiger partial charge in [0, 0.05) is 32.4 Å². The van der Waals surface area contributed by atoms with Gasteiger partial charge in [-0.25, -0.2) is 4.98 Å². The lowest BCUT2D eigenvalue weighted by molar-refractivity contribution is -0.116. The van der Waals surface area contributed by atoms with E-state index in [1.807, 2.05) is 60.8 Å². The van der Waals surface area contributed by atoms with Crippen molar-refractivity contribution in [3.63, 3.8) is 0 Å². The van der Waals surface area contributed by atoms with Crippen LogP contribution in [-0.2, 0) is 9.59 Å². The number of aromatic nitrogens is 1. The van der Waals surface area contributed by atoms with Gasteiger partial charge in [-0.05, 0) is 43.2 Å². The van der Waals surface area contributed by atoms with Crippen molar-refractivity contribution in [3.8, 4) is 11.3 Å². The molecule has 3 aromatic rings. The number of nitrogens with zero attached hydrogens (tertiary/aromatic N) is 1. The van der Waals surface area contributed by atoms with Crippen molar-refractivity contribution in [2.75, 3.05) is 10.6 Å². The quantitative estimate of drug-likeness (QED) is 0.271. The molecule has 1 aromatic heterocycles. The Morgan fingerprint density at radius 2 is 1.91 bits per heavy atom. The number of amides is 2. The summed E-state index contributed by atoms with van der Waals surface area (Å²) in [5.74, 6) is -0.0595. The van der Waals surface area contributed by atoms with Crippen LogP contribution in [0.4, 0.5) is 10.8 Å². The zero-order chi connectivity index (χ0) is 22.9. The first kappa shape index (κ1) is 24.5. The van der Waals surface area contributed by atoms with Crippen molar-refractivity contribution in [2.45, 2.75) is 49.7 Å². The molecule has 0 aliphatic rings. The lowest BCUT2D eigenvalue weighted by Gasteiger charge is -2.14. The maximum atomic E-state index is 12.9. The molecule has 0 bridgehead atoms. The van der Waals surface area contributed by atoms with Gasteiger partial charge in [0.2, 0.25) is 11.8 Å². The molecule has 2 amide bonds. The summed E-state index contributed by atoms with van der Waals surface area (Å²) in [6, 6.07) is 15.6. The summed E-state index contributed by atoms with van der Waals surface area (Å²) in [6.07, 6.45) is 3.05. The second-order valence-electron chi connectivity index (χ2n) is 7.23. The third-order valence-electron chi connectivity index (χ3n) is 4.69. The Kier molecular flexibility index (Phi) is 9.32. The van der Waals surface area contributed by atoms with Gasteiger partial charge in [-0.3, -0.25) is 9.59 Å². The molecule has 8 heteroatoms. The molecule has 0 saturated heterocycles. The zero-order valence-corrected chi connectivity index (χ0v) is 21.3. The lowest BCUT2D eigenvalue weighted by Crippen LogP contribution is -2.24. The third kappa shape index (κ3) is 7.18. The molecule has 0 fully saturated rings. The smallest absolute Gasteiger partial charge is 0.239 e. The van der Waals surface area contributed by atoms with Crippen LogP contribution in [0.15, 0.2) is 63.3 Å². The van der Waals surface area contributed by atoms with E-state index in [0.29, 0.717) is 18.0 Å². The monoisotopic (exact) mass is 531 g/mol. The van der Waals surface area contributed by atoms with Gasteiger partial charge in [-0.1, -0.05) is 54.4 Å². The van der Waals surface area contributed by atoms with Crippen LogP contribution in [0.5, 0.6) is 0 Å². The number of hydrogen-bond acceptors (Lipinski definition) is 5. The van der Waals surface area contributed by atoms with Crippen LogP contribution >= 0.6 is 39.0 Å². The summed E-state index contributed by atoms with van der Waals surface area (Å²) in [4.78, 5) is 30.4. The standard InChI is InChI=1S/C24H26BrN3O2S2/c1-3-5-9-22(29)26-18-7-6-8-19(14-18)32-21(4-2)23(30)28-24-27-20(15-31-24)16-10-12-17(25)13-11-16/h6-8,10-15,21H,3-5,9H2,1-2H3,(H,26,29)(H,27,28,30). The van der Waals surface area contributed by atoms with Gasteiger partial charge in [0.1, 0.15) is 0 Å². The number of thioether (sulfide) groups is 1. The predicted molar refractivity (Wildman–Crippen MR) is 138 cm³/mol. The highest BCUT2D eigenvalue weighted by Gasteiger charge is 2.20. The minimum atomic E-state index is -0.263. The highest BCUT2D eigenvalue weighted by atomic mass is 79.9. The van der Waals surface area contributed by atoms with Crippen molar-refractivity contribution >= 4 is 61.7 Å². The van der Waals surface area contributed by atoms with E-state index in [9.17, 15) is 9.59 Å². The van der Waals surface area contributed by atoms with E-state index < -0.39 is 0 Å².